The van der Waals surface area contributed by atoms with Gasteiger partial charge in [-0.15, -0.1) is 0 Å². The molecule has 0 heterocycles. The molecule has 0 aliphatic heterocycles. The smallest absolute Gasteiger partial charge is 0.243 e. The third-order valence-electron chi connectivity index (χ3n) is 1.48. The van der Waals surface area contributed by atoms with E-state index in [9.17, 15) is 4.79 Å². The Bertz CT molecular complexity index is 214. The van der Waals surface area contributed by atoms with Crippen molar-refractivity contribution >= 4 is 5.91 Å². The van der Waals surface area contributed by atoms with Gasteiger partial charge in [-0.3, -0.25) is 4.79 Å². The zero-order valence-electron chi connectivity index (χ0n) is 8.29. The number of unbranched alkanes of at least 4 members (excludes halogenated alkanes) is 1. The Labute approximate surface area is 80.0 Å². The number of carbonyl (C=O) groups excluding carboxylic acids is 1. The number of nitrogens with one attached hydrogen (secondary N) is 1. The molecular weight excluding hydrogens is 162 g/mol. The van der Waals surface area contributed by atoms with E-state index in [1.54, 1.807) is 13.1 Å². The Hall–Kier alpha value is -1.31. The number of carbonyl (C=O) groups is 1. The van der Waals surface area contributed by atoms with Gasteiger partial charge < -0.3 is 5.32 Å². The summed E-state index contributed by atoms with van der Waals surface area (Å²) in [6.07, 6.45) is 13.4. The lowest BCUT2D eigenvalue weighted by Crippen LogP contribution is -2.13. The van der Waals surface area contributed by atoms with E-state index in [1.807, 2.05) is 25.2 Å². The van der Waals surface area contributed by atoms with Crippen LogP contribution in [0, 0.1) is 0 Å². The molecule has 0 aliphatic rings. The second kappa shape index (κ2) is 8.78. The van der Waals surface area contributed by atoms with Gasteiger partial charge in [-0.1, -0.05) is 30.4 Å². The molecule has 0 aliphatic carbocycles. The Morgan fingerprint density at radius 3 is 2.54 bits per heavy atom. The Kier molecular flexibility index (Phi) is 7.90. The molecule has 0 aromatic heterocycles. The third-order valence-corrected chi connectivity index (χ3v) is 1.48. The van der Waals surface area contributed by atoms with Gasteiger partial charge in [-0.25, -0.2) is 0 Å². The van der Waals surface area contributed by atoms with E-state index in [4.69, 9.17) is 0 Å². The van der Waals surface area contributed by atoms with Crippen LogP contribution in [0.25, 0.3) is 0 Å². The van der Waals surface area contributed by atoms with Crippen molar-refractivity contribution < 1.29 is 4.79 Å². The largest absolute Gasteiger partial charge is 0.356 e. The van der Waals surface area contributed by atoms with Gasteiger partial charge in [-0.2, -0.15) is 0 Å². The Morgan fingerprint density at radius 2 is 1.92 bits per heavy atom. The second-order valence-corrected chi connectivity index (χ2v) is 2.55. The average molecular weight is 179 g/mol. The lowest BCUT2D eigenvalue weighted by molar-refractivity contribution is -0.116. The maximum absolute atomic E-state index is 10.7. The fraction of sp³-hybridized carbons (Fsp3) is 0.364. The van der Waals surface area contributed by atoms with Crippen molar-refractivity contribution in [2.45, 2.75) is 19.8 Å². The van der Waals surface area contributed by atoms with Crippen molar-refractivity contribution in [1.82, 2.24) is 5.32 Å². The van der Waals surface area contributed by atoms with Gasteiger partial charge in [0.1, 0.15) is 0 Å². The third kappa shape index (κ3) is 8.60. The van der Waals surface area contributed by atoms with Gasteiger partial charge in [0.15, 0.2) is 0 Å². The molecule has 13 heavy (non-hydrogen) atoms. The lowest BCUT2D eigenvalue weighted by Gasteiger charge is -1.86. The van der Waals surface area contributed by atoms with Gasteiger partial charge in [-0.05, 0) is 19.8 Å². The fourth-order valence-electron chi connectivity index (χ4n) is 0.760. The van der Waals surface area contributed by atoms with Crippen molar-refractivity contribution in [3.63, 3.8) is 0 Å². The molecule has 2 heteroatoms. The number of hydrogen-bond donors (Lipinski definition) is 1. The first-order valence-corrected chi connectivity index (χ1v) is 4.47. The summed E-state index contributed by atoms with van der Waals surface area (Å²) in [4.78, 5) is 10.7. The van der Waals surface area contributed by atoms with E-state index < -0.39 is 0 Å². The van der Waals surface area contributed by atoms with Gasteiger partial charge in [0.05, 0.1) is 0 Å². The summed E-state index contributed by atoms with van der Waals surface area (Å²) in [5.74, 6) is -0.0712. The first kappa shape index (κ1) is 11.7. The maximum atomic E-state index is 10.7. The summed E-state index contributed by atoms with van der Waals surface area (Å²) in [5, 5.41) is 2.51. The van der Waals surface area contributed by atoms with E-state index >= 15 is 0 Å². The minimum Gasteiger partial charge on any atom is -0.356 e. The molecule has 0 aromatic carbocycles. The molecule has 0 rings (SSSR count). The van der Waals surface area contributed by atoms with Crippen molar-refractivity contribution in [2.75, 3.05) is 7.05 Å². The molecule has 0 fully saturated rings. The molecule has 0 saturated heterocycles. The monoisotopic (exact) mass is 179 g/mol. The zero-order chi connectivity index (χ0) is 9.94. The quantitative estimate of drug-likeness (QED) is 0.298. The van der Waals surface area contributed by atoms with Crippen LogP contribution in [0.4, 0.5) is 0 Å². The maximum Gasteiger partial charge on any atom is 0.243 e. The molecule has 0 aromatic rings. The highest BCUT2D eigenvalue weighted by Gasteiger charge is 1.83. The summed E-state index contributed by atoms with van der Waals surface area (Å²) < 4.78 is 0. The summed E-state index contributed by atoms with van der Waals surface area (Å²) in [6, 6.07) is 0. The van der Waals surface area contributed by atoms with Crippen LogP contribution in [-0.2, 0) is 4.79 Å². The molecule has 1 amide bonds. The van der Waals surface area contributed by atoms with Crippen molar-refractivity contribution in [3.8, 4) is 0 Å². The molecule has 2 nitrogen and oxygen atoms in total. The minimum absolute atomic E-state index is 0.0712. The van der Waals surface area contributed by atoms with Crippen LogP contribution in [0.1, 0.15) is 19.8 Å². The molecule has 72 valence electrons. The predicted octanol–water partition coefficient (Wildman–Crippen LogP) is 2.20. The van der Waals surface area contributed by atoms with E-state index in [0.717, 1.165) is 12.8 Å². The molecule has 1 N–H and O–H groups in total. The highest BCUT2D eigenvalue weighted by atomic mass is 16.1. The van der Waals surface area contributed by atoms with Crippen molar-refractivity contribution in [3.05, 3.63) is 36.5 Å². The number of allylic oxidation sites excluding steroid dienone is 5. The number of hydrogen-bond acceptors (Lipinski definition) is 1. The van der Waals surface area contributed by atoms with Crippen LogP contribution < -0.4 is 5.32 Å². The van der Waals surface area contributed by atoms with E-state index in [0.29, 0.717) is 0 Å². The van der Waals surface area contributed by atoms with Gasteiger partial charge >= 0.3 is 0 Å². The van der Waals surface area contributed by atoms with Gasteiger partial charge in [0.25, 0.3) is 0 Å². The summed E-state index contributed by atoms with van der Waals surface area (Å²) in [7, 11) is 1.61. The van der Waals surface area contributed by atoms with Crippen LogP contribution >= 0.6 is 0 Å². The van der Waals surface area contributed by atoms with Crippen LogP contribution in [0.15, 0.2) is 36.5 Å². The molecule has 0 bridgehead atoms. The molecule has 0 atom stereocenters. The Morgan fingerprint density at radius 1 is 1.23 bits per heavy atom. The number of likely N-dealkylation sites (N-methyl/N-ethyl adjacent to an activating group) is 1. The number of rotatable bonds is 5. The van der Waals surface area contributed by atoms with E-state index in [-0.39, 0.29) is 5.91 Å². The van der Waals surface area contributed by atoms with E-state index in [2.05, 4.69) is 11.4 Å². The Balaban J connectivity index is 3.51. The van der Waals surface area contributed by atoms with Gasteiger partial charge in [0, 0.05) is 13.1 Å². The highest BCUT2D eigenvalue weighted by Crippen LogP contribution is 1.92. The van der Waals surface area contributed by atoms with Crippen LogP contribution in [-0.4, -0.2) is 13.0 Å². The lowest BCUT2D eigenvalue weighted by atomic mass is 10.2. The average Bonchev–Trinajstić information content (AvgIpc) is 2.16. The van der Waals surface area contributed by atoms with Crippen LogP contribution in [0.2, 0.25) is 0 Å². The highest BCUT2D eigenvalue weighted by molar-refractivity contribution is 5.87. The minimum atomic E-state index is -0.0712. The molecule has 0 saturated carbocycles. The van der Waals surface area contributed by atoms with Crippen molar-refractivity contribution in [2.24, 2.45) is 0 Å². The molecule has 0 radical (unpaired) electrons. The SMILES string of the molecule is CC=CCCC=CC=CC(=O)NC. The summed E-state index contributed by atoms with van der Waals surface area (Å²) in [6.45, 7) is 2.01. The van der Waals surface area contributed by atoms with Crippen molar-refractivity contribution in [1.29, 1.82) is 0 Å². The zero-order valence-corrected chi connectivity index (χ0v) is 8.29. The predicted molar refractivity (Wildman–Crippen MR) is 56.4 cm³/mol. The molecular formula is C11H17NO. The molecule has 0 spiro atoms. The summed E-state index contributed by atoms with van der Waals surface area (Å²) in [5.41, 5.74) is 0. The van der Waals surface area contributed by atoms with E-state index in [1.165, 1.54) is 6.08 Å². The van der Waals surface area contributed by atoms with Gasteiger partial charge in [0.2, 0.25) is 5.91 Å². The first-order chi connectivity index (χ1) is 6.31. The van der Waals surface area contributed by atoms with Crippen LogP contribution in [0.3, 0.4) is 0 Å². The molecule has 0 unspecified atom stereocenters. The summed E-state index contributed by atoms with van der Waals surface area (Å²) >= 11 is 0. The standard InChI is InChI=1S/C11H17NO/c1-3-4-5-6-7-8-9-10-11(13)12-2/h3-4,7-10H,5-6H2,1-2H3,(H,12,13). The second-order valence-electron chi connectivity index (χ2n) is 2.55. The normalized spacial score (nSPS) is 11.8. The first-order valence-electron chi connectivity index (χ1n) is 4.47. The van der Waals surface area contributed by atoms with Crippen LogP contribution in [0.5, 0.6) is 0 Å². The number of amides is 1. The topological polar surface area (TPSA) is 29.1 Å². The fourth-order valence-corrected chi connectivity index (χ4v) is 0.760.